The first-order valence-corrected chi connectivity index (χ1v) is 10.7. The van der Waals surface area contributed by atoms with Gasteiger partial charge < -0.3 is 20.3 Å². The minimum absolute atomic E-state index is 0.182. The van der Waals surface area contributed by atoms with Crippen molar-refractivity contribution in [1.82, 2.24) is 29.5 Å². The Hall–Kier alpha value is -3.59. The number of benzene rings is 1. The normalized spacial score (nSPS) is 12.5. The van der Waals surface area contributed by atoms with E-state index >= 15 is 0 Å². The molecule has 3 aromatic heterocycles. The molecule has 1 atom stereocenters. The van der Waals surface area contributed by atoms with Crippen LogP contribution in [-0.4, -0.2) is 40.8 Å². The quantitative estimate of drug-likeness (QED) is 0.351. The Bertz CT molecular complexity index is 1170. The summed E-state index contributed by atoms with van der Waals surface area (Å²) in [5, 5.41) is 16.7. The van der Waals surface area contributed by atoms with Crippen LogP contribution < -0.4 is 10.6 Å². The maximum Gasteiger partial charge on any atom is 0.228 e. The molecule has 0 amide bonds. The smallest absolute Gasteiger partial charge is 0.228 e. The molecule has 0 aliphatic rings. The molecule has 0 bridgehead atoms. The molecule has 4 aromatic rings. The van der Waals surface area contributed by atoms with Crippen molar-refractivity contribution in [2.45, 2.75) is 46.4 Å². The van der Waals surface area contributed by atoms with Crippen LogP contribution in [-0.2, 0) is 0 Å². The molecule has 0 aliphatic carbocycles. The fourth-order valence-corrected chi connectivity index (χ4v) is 3.39. The predicted molar refractivity (Wildman–Crippen MR) is 126 cm³/mol. The topological polar surface area (TPSA) is 114 Å². The first kappa shape index (κ1) is 21.6. The van der Waals surface area contributed by atoms with E-state index in [-0.39, 0.29) is 6.04 Å². The predicted octanol–water partition coefficient (Wildman–Crippen LogP) is 4.38. The third kappa shape index (κ3) is 4.83. The fraction of sp³-hybridized carbons (Fsp3) is 0.348. The number of aliphatic hydroxyl groups excluding tert-OH is 1. The molecule has 9 heteroatoms. The molecular formula is C23H28N8O. The summed E-state index contributed by atoms with van der Waals surface area (Å²) in [6.07, 6.45) is 5.07. The second-order valence-electron chi connectivity index (χ2n) is 8.38. The van der Waals surface area contributed by atoms with Gasteiger partial charge in [0.1, 0.15) is 6.23 Å². The third-order valence-corrected chi connectivity index (χ3v) is 4.94. The third-order valence-electron chi connectivity index (χ3n) is 4.94. The molecule has 3 N–H and O–H groups in total. The van der Waals surface area contributed by atoms with Crippen molar-refractivity contribution in [2.24, 2.45) is 5.92 Å². The van der Waals surface area contributed by atoms with Crippen LogP contribution in [0.1, 0.15) is 40.2 Å². The number of nitrogens with one attached hydrogen (secondary N) is 2. The van der Waals surface area contributed by atoms with Gasteiger partial charge in [-0.05, 0) is 56.5 Å². The Morgan fingerprint density at radius 2 is 1.69 bits per heavy atom. The van der Waals surface area contributed by atoms with Crippen LogP contribution in [0.4, 0.5) is 17.5 Å². The van der Waals surface area contributed by atoms with Gasteiger partial charge in [0.2, 0.25) is 5.95 Å². The highest BCUT2D eigenvalue weighted by molar-refractivity contribution is 5.86. The number of aliphatic hydroxyl groups is 1. The highest BCUT2D eigenvalue weighted by Crippen LogP contribution is 2.27. The van der Waals surface area contributed by atoms with Crippen molar-refractivity contribution in [3.63, 3.8) is 0 Å². The van der Waals surface area contributed by atoms with Crippen molar-refractivity contribution < 1.29 is 5.11 Å². The van der Waals surface area contributed by atoms with Crippen molar-refractivity contribution in [1.29, 1.82) is 0 Å². The average molecular weight is 433 g/mol. The van der Waals surface area contributed by atoms with Gasteiger partial charge in [0, 0.05) is 29.7 Å². The van der Waals surface area contributed by atoms with Gasteiger partial charge in [0.05, 0.1) is 6.33 Å². The molecule has 3 heterocycles. The van der Waals surface area contributed by atoms with E-state index in [9.17, 15) is 5.11 Å². The van der Waals surface area contributed by atoms with Crippen molar-refractivity contribution in [3.8, 4) is 11.4 Å². The zero-order valence-electron chi connectivity index (χ0n) is 18.7. The number of hydrogen-bond acceptors (Lipinski definition) is 8. The van der Waals surface area contributed by atoms with Crippen molar-refractivity contribution >= 4 is 28.6 Å². The van der Waals surface area contributed by atoms with Crippen LogP contribution in [0.25, 0.3) is 22.6 Å². The molecular weight excluding hydrogens is 404 g/mol. The molecule has 166 valence electrons. The lowest BCUT2D eigenvalue weighted by molar-refractivity contribution is 0.175. The Labute approximate surface area is 187 Å². The van der Waals surface area contributed by atoms with E-state index < -0.39 is 6.23 Å². The van der Waals surface area contributed by atoms with Crippen molar-refractivity contribution in [3.05, 3.63) is 49.1 Å². The van der Waals surface area contributed by atoms with Gasteiger partial charge in [-0.25, -0.2) is 15.0 Å². The molecule has 0 saturated heterocycles. The van der Waals surface area contributed by atoms with E-state index in [1.54, 1.807) is 24.8 Å². The number of hydrogen-bond donors (Lipinski definition) is 3. The van der Waals surface area contributed by atoms with Crippen LogP contribution >= 0.6 is 0 Å². The van der Waals surface area contributed by atoms with Crippen molar-refractivity contribution in [2.75, 3.05) is 10.6 Å². The summed E-state index contributed by atoms with van der Waals surface area (Å²) in [7, 11) is 0. The number of fused-ring (bicyclic) bond motifs is 1. The Balaban J connectivity index is 1.66. The zero-order valence-corrected chi connectivity index (χ0v) is 18.7. The second-order valence-corrected chi connectivity index (χ2v) is 8.38. The second kappa shape index (κ2) is 9.27. The Morgan fingerprint density at radius 1 is 0.969 bits per heavy atom. The minimum Gasteiger partial charge on any atom is -0.374 e. The summed E-state index contributed by atoms with van der Waals surface area (Å²) in [4.78, 5) is 22.3. The van der Waals surface area contributed by atoms with E-state index in [1.165, 1.54) is 0 Å². The number of nitrogens with zero attached hydrogens (tertiary/aromatic N) is 6. The first-order chi connectivity index (χ1) is 15.4. The van der Waals surface area contributed by atoms with E-state index in [0.717, 1.165) is 11.3 Å². The lowest BCUT2D eigenvalue weighted by Crippen LogP contribution is -2.22. The maximum atomic E-state index is 10.3. The van der Waals surface area contributed by atoms with Crippen LogP contribution in [0, 0.1) is 5.92 Å². The number of aromatic nitrogens is 6. The Kier molecular flexibility index (Phi) is 6.27. The molecule has 0 spiro atoms. The van der Waals surface area contributed by atoms with Gasteiger partial charge in [-0.3, -0.25) is 0 Å². The molecule has 0 aliphatic heterocycles. The fourth-order valence-electron chi connectivity index (χ4n) is 3.39. The van der Waals surface area contributed by atoms with E-state index in [2.05, 4.69) is 63.2 Å². The van der Waals surface area contributed by atoms with Crippen LogP contribution in [0.5, 0.6) is 0 Å². The minimum atomic E-state index is -0.735. The largest absolute Gasteiger partial charge is 0.374 e. The van der Waals surface area contributed by atoms with Crippen LogP contribution in [0.3, 0.4) is 0 Å². The summed E-state index contributed by atoms with van der Waals surface area (Å²) in [5.74, 6) is 1.93. The average Bonchev–Trinajstić information content (AvgIpc) is 3.19. The lowest BCUT2D eigenvalue weighted by Gasteiger charge is -2.16. The van der Waals surface area contributed by atoms with Gasteiger partial charge in [-0.15, -0.1) is 0 Å². The number of rotatable bonds is 8. The van der Waals surface area contributed by atoms with Crippen LogP contribution in [0.15, 0.2) is 49.1 Å². The first-order valence-electron chi connectivity index (χ1n) is 10.7. The standard InChI is InChI=1S/C23H28N8O/c1-14(2)12-18(32)28-23-29-21(19-22(30-23)31(13-26-19)15(3)4)27-17-8-6-16(7-9-17)20-24-10-5-11-25-20/h5-11,13-15,18,32H,12H2,1-4H3,(H2,27,28,29,30)/t18-/m0/s1. The molecule has 0 radical (unpaired) electrons. The molecule has 0 unspecified atom stereocenters. The summed E-state index contributed by atoms with van der Waals surface area (Å²) < 4.78 is 1.98. The van der Waals surface area contributed by atoms with Crippen LogP contribution in [0.2, 0.25) is 0 Å². The number of imidazole rings is 1. The molecule has 4 rings (SSSR count). The SMILES string of the molecule is CC(C)C[C@H](O)Nc1nc(Nc2ccc(-c3ncccn3)cc2)c2ncn(C(C)C)c2n1. The molecule has 0 saturated carbocycles. The van der Waals surface area contributed by atoms with Gasteiger partial charge in [-0.2, -0.15) is 9.97 Å². The van der Waals surface area contributed by atoms with Gasteiger partial charge in [0.25, 0.3) is 0 Å². The maximum absolute atomic E-state index is 10.3. The molecule has 32 heavy (non-hydrogen) atoms. The van der Waals surface area contributed by atoms with E-state index in [1.807, 2.05) is 28.8 Å². The van der Waals surface area contributed by atoms with E-state index in [0.29, 0.717) is 41.1 Å². The highest BCUT2D eigenvalue weighted by Gasteiger charge is 2.17. The highest BCUT2D eigenvalue weighted by atomic mass is 16.3. The van der Waals surface area contributed by atoms with Gasteiger partial charge >= 0.3 is 0 Å². The zero-order chi connectivity index (χ0) is 22.7. The number of anilines is 3. The molecule has 9 nitrogen and oxygen atoms in total. The van der Waals surface area contributed by atoms with E-state index in [4.69, 9.17) is 0 Å². The monoisotopic (exact) mass is 432 g/mol. The molecule has 1 aromatic carbocycles. The summed E-state index contributed by atoms with van der Waals surface area (Å²) in [6.45, 7) is 8.25. The molecule has 0 fully saturated rings. The summed E-state index contributed by atoms with van der Waals surface area (Å²) >= 11 is 0. The van der Waals surface area contributed by atoms with Gasteiger partial charge in [-0.1, -0.05) is 13.8 Å². The Morgan fingerprint density at radius 3 is 2.34 bits per heavy atom. The summed E-state index contributed by atoms with van der Waals surface area (Å²) in [5.41, 5.74) is 3.13. The summed E-state index contributed by atoms with van der Waals surface area (Å²) in [6, 6.07) is 9.77. The van der Waals surface area contributed by atoms with Gasteiger partial charge in [0.15, 0.2) is 22.8 Å². The lowest BCUT2D eigenvalue weighted by atomic mass is 10.1.